The van der Waals surface area contributed by atoms with Crippen molar-refractivity contribution in [3.05, 3.63) is 23.8 Å². The molecule has 0 fully saturated rings. The van der Waals surface area contributed by atoms with Crippen LogP contribution in [-0.2, 0) is 0 Å². The summed E-state index contributed by atoms with van der Waals surface area (Å²) in [6, 6.07) is 5.77. The molecule has 1 aromatic carbocycles. The number of thioether (sulfide) groups is 1. The van der Waals surface area contributed by atoms with Crippen LogP contribution in [0.25, 0.3) is 0 Å². The molecule has 3 heteroatoms. The van der Waals surface area contributed by atoms with Gasteiger partial charge in [-0.15, -0.1) is 11.8 Å². The molecule has 0 amide bonds. The molecular formula is C11H15NOS. The van der Waals surface area contributed by atoms with Gasteiger partial charge in [-0.3, -0.25) is 0 Å². The SMILES string of the molecule is NCCC1CCSc2cccc(O)c21. The van der Waals surface area contributed by atoms with Crippen molar-refractivity contribution in [2.45, 2.75) is 23.7 Å². The van der Waals surface area contributed by atoms with Crippen LogP contribution in [0.15, 0.2) is 23.1 Å². The largest absolute Gasteiger partial charge is 0.508 e. The summed E-state index contributed by atoms with van der Waals surface area (Å²) in [7, 11) is 0. The van der Waals surface area contributed by atoms with Crippen LogP contribution >= 0.6 is 11.8 Å². The van der Waals surface area contributed by atoms with Crippen molar-refractivity contribution in [3.63, 3.8) is 0 Å². The number of aromatic hydroxyl groups is 1. The molecule has 1 heterocycles. The van der Waals surface area contributed by atoms with E-state index in [0.717, 1.165) is 24.2 Å². The Bertz CT molecular complexity index is 327. The minimum Gasteiger partial charge on any atom is -0.508 e. The zero-order valence-electron chi connectivity index (χ0n) is 8.07. The summed E-state index contributed by atoms with van der Waals surface area (Å²) >= 11 is 1.83. The van der Waals surface area contributed by atoms with Crippen LogP contribution in [0.2, 0.25) is 0 Å². The second kappa shape index (κ2) is 4.24. The molecule has 0 saturated heterocycles. The Balaban J connectivity index is 2.36. The molecule has 0 spiro atoms. The van der Waals surface area contributed by atoms with Crippen LogP contribution in [0, 0.1) is 0 Å². The van der Waals surface area contributed by atoms with Gasteiger partial charge in [0.25, 0.3) is 0 Å². The molecule has 2 nitrogen and oxygen atoms in total. The maximum atomic E-state index is 9.80. The average Bonchev–Trinajstić information content (AvgIpc) is 2.19. The van der Waals surface area contributed by atoms with E-state index in [0.29, 0.717) is 18.2 Å². The summed E-state index contributed by atoms with van der Waals surface area (Å²) in [5, 5.41) is 9.80. The lowest BCUT2D eigenvalue weighted by atomic mass is 9.92. The van der Waals surface area contributed by atoms with Gasteiger partial charge in [-0.1, -0.05) is 6.07 Å². The van der Waals surface area contributed by atoms with Crippen molar-refractivity contribution in [3.8, 4) is 5.75 Å². The summed E-state index contributed by atoms with van der Waals surface area (Å²) in [5.41, 5.74) is 6.70. The van der Waals surface area contributed by atoms with Gasteiger partial charge < -0.3 is 10.8 Å². The number of phenols is 1. The third-order valence-electron chi connectivity index (χ3n) is 2.69. The number of hydrogen-bond donors (Lipinski definition) is 2. The van der Waals surface area contributed by atoms with Gasteiger partial charge in [-0.25, -0.2) is 0 Å². The smallest absolute Gasteiger partial charge is 0.120 e. The molecule has 76 valence electrons. The lowest BCUT2D eigenvalue weighted by molar-refractivity contribution is 0.451. The van der Waals surface area contributed by atoms with Gasteiger partial charge in [0.1, 0.15) is 5.75 Å². The summed E-state index contributed by atoms with van der Waals surface area (Å²) in [4.78, 5) is 1.23. The molecule has 0 radical (unpaired) electrons. The van der Waals surface area contributed by atoms with Gasteiger partial charge in [0.2, 0.25) is 0 Å². The Morgan fingerprint density at radius 3 is 3.14 bits per heavy atom. The van der Waals surface area contributed by atoms with Gasteiger partial charge in [-0.2, -0.15) is 0 Å². The minimum absolute atomic E-state index is 0.438. The summed E-state index contributed by atoms with van der Waals surface area (Å²) in [6.45, 7) is 0.698. The fourth-order valence-electron chi connectivity index (χ4n) is 2.01. The highest BCUT2D eigenvalue weighted by Crippen LogP contribution is 2.43. The highest BCUT2D eigenvalue weighted by Gasteiger charge is 2.22. The van der Waals surface area contributed by atoms with E-state index in [1.165, 1.54) is 4.90 Å². The minimum atomic E-state index is 0.438. The average molecular weight is 209 g/mol. The van der Waals surface area contributed by atoms with Crippen LogP contribution in [0.4, 0.5) is 0 Å². The van der Waals surface area contributed by atoms with E-state index < -0.39 is 0 Å². The van der Waals surface area contributed by atoms with E-state index in [2.05, 4.69) is 6.07 Å². The maximum Gasteiger partial charge on any atom is 0.120 e. The van der Waals surface area contributed by atoms with E-state index in [1.807, 2.05) is 17.8 Å². The van der Waals surface area contributed by atoms with Gasteiger partial charge in [0.05, 0.1) is 0 Å². The number of fused-ring (bicyclic) bond motifs is 1. The third kappa shape index (κ3) is 1.74. The molecule has 14 heavy (non-hydrogen) atoms. The van der Waals surface area contributed by atoms with Crippen molar-refractivity contribution in [2.24, 2.45) is 5.73 Å². The van der Waals surface area contributed by atoms with Gasteiger partial charge in [0.15, 0.2) is 0 Å². The molecule has 1 aromatic rings. The Labute approximate surface area is 88.5 Å². The van der Waals surface area contributed by atoms with Crippen molar-refractivity contribution in [1.82, 2.24) is 0 Å². The second-order valence-corrected chi connectivity index (χ2v) is 4.74. The topological polar surface area (TPSA) is 46.2 Å². The summed E-state index contributed by atoms with van der Waals surface area (Å²) in [5.74, 6) is 2.03. The number of rotatable bonds is 2. The first-order chi connectivity index (χ1) is 6.83. The van der Waals surface area contributed by atoms with Crippen LogP contribution in [0.3, 0.4) is 0 Å². The lowest BCUT2D eigenvalue weighted by Crippen LogP contribution is -2.12. The van der Waals surface area contributed by atoms with Crippen molar-refractivity contribution < 1.29 is 5.11 Å². The first-order valence-corrected chi connectivity index (χ1v) is 5.96. The number of hydrogen-bond acceptors (Lipinski definition) is 3. The van der Waals surface area contributed by atoms with E-state index in [9.17, 15) is 5.11 Å². The highest BCUT2D eigenvalue weighted by molar-refractivity contribution is 7.99. The number of benzene rings is 1. The molecular weight excluding hydrogens is 194 g/mol. The predicted octanol–water partition coefficient (Wildman–Crippen LogP) is 2.32. The molecule has 1 aliphatic rings. The van der Waals surface area contributed by atoms with Crippen LogP contribution in [0.1, 0.15) is 24.3 Å². The first kappa shape index (κ1) is 9.87. The van der Waals surface area contributed by atoms with Gasteiger partial charge in [-0.05, 0) is 43.2 Å². The Kier molecular flexibility index (Phi) is 2.99. The Morgan fingerprint density at radius 1 is 1.50 bits per heavy atom. The third-order valence-corrected chi connectivity index (χ3v) is 3.80. The fourth-order valence-corrected chi connectivity index (χ4v) is 3.24. The zero-order chi connectivity index (χ0) is 9.97. The van der Waals surface area contributed by atoms with Crippen LogP contribution in [-0.4, -0.2) is 17.4 Å². The van der Waals surface area contributed by atoms with E-state index >= 15 is 0 Å². The monoisotopic (exact) mass is 209 g/mol. The molecule has 0 saturated carbocycles. The predicted molar refractivity (Wildman–Crippen MR) is 59.9 cm³/mol. The molecule has 3 N–H and O–H groups in total. The van der Waals surface area contributed by atoms with Gasteiger partial charge in [0, 0.05) is 10.5 Å². The normalized spacial score (nSPS) is 20.5. The number of phenolic OH excluding ortho intramolecular Hbond substituents is 1. The molecule has 1 unspecified atom stereocenters. The standard InChI is InChI=1S/C11H15NOS/c12-6-4-8-5-7-14-10-3-1-2-9(13)11(8)10/h1-3,8,13H,4-7,12H2. The quantitative estimate of drug-likeness (QED) is 0.785. The first-order valence-electron chi connectivity index (χ1n) is 4.97. The molecule has 1 aliphatic heterocycles. The summed E-state index contributed by atoms with van der Waals surface area (Å²) < 4.78 is 0. The van der Waals surface area contributed by atoms with Crippen molar-refractivity contribution >= 4 is 11.8 Å². The Morgan fingerprint density at radius 2 is 2.36 bits per heavy atom. The van der Waals surface area contributed by atoms with Crippen molar-refractivity contribution in [2.75, 3.05) is 12.3 Å². The van der Waals surface area contributed by atoms with E-state index in [-0.39, 0.29) is 0 Å². The molecule has 0 aliphatic carbocycles. The Hall–Kier alpha value is -0.670. The zero-order valence-corrected chi connectivity index (χ0v) is 8.89. The molecule has 0 aromatic heterocycles. The molecule has 0 bridgehead atoms. The van der Waals surface area contributed by atoms with E-state index in [1.54, 1.807) is 6.07 Å². The van der Waals surface area contributed by atoms with Gasteiger partial charge >= 0.3 is 0 Å². The number of nitrogens with two attached hydrogens (primary N) is 1. The molecule has 2 rings (SSSR count). The summed E-state index contributed by atoms with van der Waals surface area (Å²) in [6.07, 6.45) is 2.11. The maximum absolute atomic E-state index is 9.80. The second-order valence-electron chi connectivity index (χ2n) is 3.60. The molecule has 1 atom stereocenters. The van der Waals surface area contributed by atoms with E-state index in [4.69, 9.17) is 5.73 Å². The fraction of sp³-hybridized carbons (Fsp3) is 0.455. The van der Waals surface area contributed by atoms with Crippen LogP contribution in [0.5, 0.6) is 5.75 Å². The van der Waals surface area contributed by atoms with Crippen molar-refractivity contribution in [1.29, 1.82) is 0 Å². The highest BCUT2D eigenvalue weighted by atomic mass is 32.2. The van der Waals surface area contributed by atoms with Crippen LogP contribution < -0.4 is 5.73 Å². The lowest BCUT2D eigenvalue weighted by Gasteiger charge is -2.25.